The van der Waals surface area contributed by atoms with Crippen molar-refractivity contribution >= 4 is 0 Å². The zero-order chi connectivity index (χ0) is 14.6. The first-order chi connectivity index (χ1) is 9.48. The fourth-order valence-electron chi connectivity index (χ4n) is 2.72. The average molecular weight is 287 g/mol. The normalized spacial score (nSPS) is 26.0. The van der Waals surface area contributed by atoms with Crippen molar-refractivity contribution in [2.75, 3.05) is 0 Å². The Morgan fingerprint density at radius 2 is 1.70 bits per heavy atom. The molecule has 112 valence electrons. The topological polar surface area (TPSA) is 32.3 Å². The summed E-state index contributed by atoms with van der Waals surface area (Å²) in [6.07, 6.45) is -1.22. The number of aliphatic hydroxyl groups excluding tert-OH is 1. The molecule has 2 N–H and O–H groups in total. The Bertz CT molecular complexity index is 407. The van der Waals surface area contributed by atoms with Crippen LogP contribution in [-0.2, 0) is 0 Å². The van der Waals surface area contributed by atoms with Gasteiger partial charge in [0.1, 0.15) is 6.04 Å². The van der Waals surface area contributed by atoms with Gasteiger partial charge in [-0.15, -0.1) is 0 Å². The van der Waals surface area contributed by atoms with E-state index >= 15 is 0 Å². The Morgan fingerprint density at radius 1 is 1.05 bits per heavy atom. The molecule has 1 aliphatic carbocycles. The van der Waals surface area contributed by atoms with Crippen LogP contribution in [-0.4, -0.2) is 23.4 Å². The number of halogens is 3. The lowest BCUT2D eigenvalue weighted by molar-refractivity contribution is -0.161. The van der Waals surface area contributed by atoms with Gasteiger partial charge in [0.05, 0.1) is 6.10 Å². The Labute approximate surface area is 117 Å². The summed E-state index contributed by atoms with van der Waals surface area (Å²) >= 11 is 0. The van der Waals surface area contributed by atoms with Gasteiger partial charge < -0.3 is 5.11 Å². The third kappa shape index (κ3) is 3.96. The minimum Gasteiger partial charge on any atom is -0.392 e. The van der Waals surface area contributed by atoms with E-state index in [2.05, 4.69) is 5.32 Å². The van der Waals surface area contributed by atoms with Crippen molar-refractivity contribution in [2.45, 2.75) is 56.5 Å². The van der Waals surface area contributed by atoms with Crippen LogP contribution in [0.25, 0.3) is 0 Å². The highest BCUT2D eigenvalue weighted by atomic mass is 19.4. The summed E-state index contributed by atoms with van der Waals surface area (Å²) in [7, 11) is 0. The number of hydrogen-bond donors (Lipinski definition) is 2. The van der Waals surface area contributed by atoms with Crippen molar-refractivity contribution in [3.05, 3.63) is 35.9 Å². The van der Waals surface area contributed by atoms with Crippen molar-refractivity contribution in [1.29, 1.82) is 0 Å². The molecule has 20 heavy (non-hydrogen) atoms. The predicted octanol–water partition coefficient (Wildman–Crippen LogP) is 3.57. The quantitative estimate of drug-likeness (QED) is 0.833. The second kappa shape index (κ2) is 6.59. The average Bonchev–Trinajstić information content (AvgIpc) is 2.60. The highest BCUT2D eigenvalue weighted by Gasteiger charge is 2.42. The molecule has 1 saturated carbocycles. The number of rotatable bonds is 3. The van der Waals surface area contributed by atoms with E-state index in [1.165, 1.54) is 12.1 Å². The maximum atomic E-state index is 13.2. The molecule has 0 aromatic heterocycles. The lowest BCUT2D eigenvalue weighted by atomic mass is 10.0. The van der Waals surface area contributed by atoms with Crippen LogP contribution in [0.5, 0.6) is 0 Å². The van der Waals surface area contributed by atoms with Crippen LogP contribution < -0.4 is 5.32 Å². The predicted molar refractivity (Wildman–Crippen MR) is 71.3 cm³/mol. The molecule has 3 unspecified atom stereocenters. The van der Waals surface area contributed by atoms with Crippen molar-refractivity contribution in [1.82, 2.24) is 5.32 Å². The lowest BCUT2D eigenvalue weighted by Gasteiger charge is -2.29. The molecule has 2 rings (SSSR count). The summed E-state index contributed by atoms with van der Waals surface area (Å²) in [6.45, 7) is 0. The fourth-order valence-corrected chi connectivity index (χ4v) is 2.72. The molecule has 0 spiro atoms. The van der Waals surface area contributed by atoms with Crippen LogP contribution >= 0.6 is 0 Å². The maximum absolute atomic E-state index is 13.2. The Kier molecular flexibility index (Phi) is 5.05. The summed E-state index contributed by atoms with van der Waals surface area (Å²) < 4.78 is 39.7. The SMILES string of the molecule is OC1CCCCCC1NC(c1ccccc1)C(F)(F)F. The first kappa shape index (κ1) is 15.3. The van der Waals surface area contributed by atoms with E-state index in [1.807, 2.05) is 0 Å². The molecule has 1 aromatic carbocycles. The van der Waals surface area contributed by atoms with E-state index in [-0.39, 0.29) is 5.56 Å². The van der Waals surface area contributed by atoms with Gasteiger partial charge in [-0.2, -0.15) is 13.2 Å². The number of hydrogen-bond acceptors (Lipinski definition) is 2. The van der Waals surface area contributed by atoms with Gasteiger partial charge in [0.2, 0.25) is 0 Å². The van der Waals surface area contributed by atoms with E-state index in [9.17, 15) is 18.3 Å². The van der Waals surface area contributed by atoms with Crippen molar-refractivity contribution in [3.8, 4) is 0 Å². The fraction of sp³-hybridized carbons (Fsp3) is 0.600. The number of nitrogens with one attached hydrogen (secondary N) is 1. The Balaban J connectivity index is 2.16. The van der Waals surface area contributed by atoms with Gasteiger partial charge >= 0.3 is 6.18 Å². The van der Waals surface area contributed by atoms with Crippen LogP contribution in [0.1, 0.15) is 43.7 Å². The molecule has 3 atom stereocenters. The van der Waals surface area contributed by atoms with E-state index in [1.54, 1.807) is 18.2 Å². The monoisotopic (exact) mass is 287 g/mol. The van der Waals surface area contributed by atoms with Crippen LogP contribution in [0.2, 0.25) is 0 Å². The van der Waals surface area contributed by atoms with E-state index in [0.717, 1.165) is 19.3 Å². The van der Waals surface area contributed by atoms with Crippen molar-refractivity contribution < 1.29 is 18.3 Å². The minimum absolute atomic E-state index is 0.191. The number of alkyl halides is 3. The highest BCUT2D eigenvalue weighted by Crippen LogP contribution is 2.34. The molecule has 2 nitrogen and oxygen atoms in total. The van der Waals surface area contributed by atoms with Crippen LogP contribution in [0.4, 0.5) is 13.2 Å². The molecule has 0 heterocycles. The van der Waals surface area contributed by atoms with E-state index in [4.69, 9.17) is 0 Å². The first-order valence-electron chi connectivity index (χ1n) is 7.04. The molecule has 0 bridgehead atoms. The summed E-state index contributed by atoms with van der Waals surface area (Å²) in [5, 5.41) is 12.6. The highest BCUT2D eigenvalue weighted by molar-refractivity contribution is 5.20. The van der Waals surface area contributed by atoms with Gasteiger partial charge in [0.15, 0.2) is 0 Å². The number of aliphatic hydroxyl groups is 1. The molecule has 1 aliphatic rings. The maximum Gasteiger partial charge on any atom is 0.407 e. The zero-order valence-electron chi connectivity index (χ0n) is 11.2. The van der Waals surface area contributed by atoms with Crippen LogP contribution in [0.3, 0.4) is 0 Å². The van der Waals surface area contributed by atoms with Gasteiger partial charge in [0.25, 0.3) is 0 Å². The molecule has 1 fully saturated rings. The van der Waals surface area contributed by atoms with Gasteiger partial charge in [-0.25, -0.2) is 0 Å². The first-order valence-corrected chi connectivity index (χ1v) is 7.04. The summed E-state index contributed by atoms with van der Waals surface area (Å²) in [6, 6.07) is 5.60. The molecule has 0 saturated heterocycles. The van der Waals surface area contributed by atoms with E-state index < -0.39 is 24.4 Å². The van der Waals surface area contributed by atoms with Crippen LogP contribution in [0.15, 0.2) is 30.3 Å². The molecule has 0 amide bonds. The smallest absolute Gasteiger partial charge is 0.392 e. The second-order valence-corrected chi connectivity index (χ2v) is 5.36. The summed E-state index contributed by atoms with van der Waals surface area (Å²) in [4.78, 5) is 0. The second-order valence-electron chi connectivity index (χ2n) is 5.36. The Morgan fingerprint density at radius 3 is 2.35 bits per heavy atom. The number of benzene rings is 1. The molecular formula is C15H20F3NO. The van der Waals surface area contributed by atoms with Gasteiger partial charge in [-0.3, -0.25) is 5.32 Å². The molecule has 1 aromatic rings. The van der Waals surface area contributed by atoms with Gasteiger partial charge in [0, 0.05) is 6.04 Å². The minimum atomic E-state index is -4.37. The third-order valence-corrected chi connectivity index (χ3v) is 3.82. The van der Waals surface area contributed by atoms with Gasteiger partial charge in [-0.1, -0.05) is 49.6 Å². The van der Waals surface area contributed by atoms with Gasteiger partial charge in [-0.05, 0) is 18.4 Å². The molecule has 5 heteroatoms. The zero-order valence-corrected chi connectivity index (χ0v) is 11.2. The Hall–Kier alpha value is -1.07. The van der Waals surface area contributed by atoms with E-state index in [0.29, 0.717) is 12.8 Å². The molecular weight excluding hydrogens is 267 g/mol. The molecule has 0 radical (unpaired) electrons. The summed E-state index contributed by atoms with van der Waals surface area (Å²) in [5.41, 5.74) is 0.191. The third-order valence-electron chi connectivity index (χ3n) is 3.82. The molecule has 0 aliphatic heterocycles. The standard InChI is InChI=1S/C15H20F3NO/c16-15(17,18)14(11-7-3-1-4-8-11)19-12-9-5-2-6-10-13(12)20/h1,3-4,7-8,12-14,19-20H,2,5-6,9-10H2. The largest absolute Gasteiger partial charge is 0.407 e. The lowest BCUT2D eigenvalue weighted by Crippen LogP contribution is -2.46. The summed E-state index contributed by atoms with van der Waals surface area (Å²) in [5.74, 6) is 0. The van der Waals surface area contributed by atoms with Crippen molar-refractivity contribution in [3.63, 3.8) is 0 Å². The van der Waals surface area contributed by atoms with Crippen molar-refractivity contribution in [2.24, 2.45) is 0 Å². The van der Waals surface area contributed by atoms with Crippen LogP contribution in [0, 0.1) is 0 Å².